The van der Waals surface area contributed by atoms with Gasteiger partial charge in [-0.2, -0.15) is 0 Å². The smallest absolute Gasteiger partial charge is 0.245 e. The second-order valence-corrected chi connectivity index (χ2v) is 12.7. The Morgan fingerprint density at radius 2 is 1.73 bits per heavy atom. The maximum Gasteiger partial charge on any atom is 0.245 e. The average molecular weight is 550 g/mol. The Labute approximate surface area is 239 Å². The van der Waals surface area contributed by atoms with Gasteiger partial charge in [-0.05, 0) is 79.7 Å². The molecule has 3 N–H and O–H groups in total. The van der Waals surface area contributed by atoms with E-state index in [4.69, 9.17) is 10.5 Å². The van der Waals surface area contributed by atoms with E-state index in [9.17, 15) is 14.4 Å². The number of hydrogen-bond acceptors (Lipinski definition) is 4. The van der Waals surface area contributed by atoms with Gasteiger partial charge in [0.05, 0.1) is 0 Å². The molecule has 0 spiro atoms. The lowest BCUT2D eigenvalue weighted by Gasteiger charge is -2.30. The highest BCUT2D eigenvalue weighted by atomic mass is 16.5. The number of benzene rings is 2. The minimum absolute atomic E-state index is 0.0216. The van der Waals surface area contributed by atoms with Crippen molar-refractivity contribution in [1.82, 2.24) is 10.2 Å². The predicted octanol–water partition coefficient (Wildman–Crippen LogP) is 6.07. The summed E-state index contributed by atoms with van der Waals surface area (Å²) in [6.45, 7) is 11.5. The zero-order valence-corrected chi connectivity index (χ0v) is 24.8. The van der Waals surface area contributed by atoms with Crippen molar-refractivity contribution in [3.05, 3.63) is 60.2 Å². The van der Waals surface area contributed by atoms with Gasteiger partial charge in [-0.25, -0.2) is 0 Å². The molecule has 1 heterocycles. The third-order valence-corrected chi connectivity index (χ3v) is 7.47. The number of hydrogen-bond donors (Lipinski definition) is 2. The number of nitrogens with one attached hydrogen (secondary N) is 1. The van der Waals surface area contributed by atoms with Crippen LogP contribution in [0.1, 0.15) is 78.7 Å². The zero-order chi connectivity index (χ0) is 29.3. The topological polar surface area (TPSA) is 102 Å². The van der Waals surface area contributed by atoms with E-state index in [1.165, 1.54) is 0 Å². The molecule has 0 aromatic heterocycles. The third-order valence-electron chi connectivity index (χ3n) is 7.47. The van der Waals surface area contributed by atoms with Crippen LogP contribution in [0.2, 0.25) is 0 Å². The fraction of sp³-hybridized carbons (Fsp3) is 0.545. The van der Waals surface area contributed by atoms with Crippen molar-refractivity contribution in [2.75, 3.05) is 6.54 Å². The van der Waals surface area contributed by atoms with Gasteiger partial charge in [0, 0.05) is 24.9 Å². The molecule has 1 unspecified atom stereocenters. The van der Waals surface area contributed by atoms with Crippen molar-refractivity contribution in [1.29, 1.82) is 0 Å². The van der Waals surface area contributed by atoms with Crippen LogP contribution in [0.15, 0.2) is 54.6 Å². The molecule has 1 fully saturated rings. The number of carbonyl (C=O) groups is 3. The van der Waals surface area contributed by atoms with Crippen LogP contribution in [0.3, 0.4) is 0 Å². The highest BCUT2D eigenvalue weighted by molar-refractivity contribution is 5.91. The van der Waals surface area contributed by atoms with Crippen molar-refractivity contribution in [2.24, 2.45) is 28.9 Å². The van der Waals surface area contributed by atoms with Crippen molar-refractivity contribution in [3.63, 3.8) is 0 Å². The molecule has 3 atom stereocenters. The molecule has 7 heteroatoms. The van der Waals surface area contributed by atoms with Gasteiger partial charge in [0.25, 0.3) is 0 Å². The van der Waals surface area contributed by atoms with Crippen LogP contribution in [-0.4, -0.2) is 35.2 Å². The van der Waals surface area contributed by atoms with E-state index in [1.54, 1.807) is 0 Å². The second kappa shape index (κ2) is 14.3. The lowest BCUT2D eigenvalue weighted by atomic mass is 9.78. The van der Waals surface area contributed by atoms with Gasteiger partial charge in [0.1, 0.15) is 17.5 Å². The normalized spacial score (nSPS) is 17.7. The van der Waals surface area contributed by atoms with Crippen LogP contribution < -0.4 is 15.8 Å². The molecule has 2 aromatic rings. The Bertz CT molecular complexity index is 1130. The second-order valence-electron chi connectivity index (χ2n) is 12.7. The van der Waals surface area contributed by atoms with Crippen LogP contribution in [0.4, 0.5) is 0 Å². The first-order valence-electron chi connectivity index (χ1n) is 14.6. The molecular formula is C33H47N3O4. The van der Waals surface area contributed by atoms with Gasteiger partial charge in [-0.15, -0.1) is 0 Å². The Balaban J connectivity index is 1.72. The van der Waals surface area contributed by atoms with E-state index in [1.807, 2.05) is 73.3 Å². The largest absolute Gasteiger partial charge is 0.457 e. The van der Waals surface area contributed by atoms with Gasteiger partial charge in [-0.3, -0.25) is 14.4 Å². The quantitative estimate of drug-likeness (QED) is 0.336. The Morgan fingerprint density at radius 3 is 2.38 bits per heavy atom. The van der Waals surface area contributed by atoms with Crippen LogP contribution in [0.5, 0.6) is 11.5 Å². The van der Waals surface area contributed by atoms with Crippen molar-refractivity contribution >= 4 is 17.7 Å². The fourth-order valence-electron chi connectivity index (χ4n) is 5.32. The van der Waals surface area contributed by atoms with E-state index in [0.29, 0.717) is 38.1 Å². The molecule has 0 saturated carbocycles. The molecule has 0 aliphatic carbocycles. The molecule has 0 radical (unpaired) electrons. The number of nitrogens with two attached hydrogens (primary N) is 1. The predicted molar refractivity (Wildman–Crippen MR) is 158 cm³/mol. The van der Waals surface area contributed by atoms with Crippen molar-refractivity contribution < 1.29 is 19.1 Å². The average Bonchev–Trinajstić information content (AvgIpc) is 3.04. The summed E-state index contributed by atoms with van der Waals surface area (Å²) in [5.41, 5.74) is 6.81. The Kier molecular flexibility index (Phi) is 11.2. The molecule has 0 bridgehead atoms. The zero-order valence-electron chi connectivity index (χ0n) is 24.8. The standard InChI is InChI=1S/C33H47N3O4/c1-23(2)20-28(27(30(34)37)17-18-33(3,4)5)31(38)35-29-16-9-10-19-36(32(29)39)22-24-12-11-15-26(21-24)40-25-13-7-6-8-14-25/h6-8,11-15,21,23,27-29H,9-10,16-20,22H2,1-5H3,(H2,34,37)(H,35,38)/t27-,28?,29-/m0/s1. The molecule has 1 aliphatic rings. The summed E-state index contributed by atoms with van der Waals surface area (Å²) >= 11 is 0. The maximum atomic E-state index is 13.7. The molecule has 40 heavy (non-hydrogen) atoms. The minimum atomic E-state index is -0.621. The van der Waals surface area contributed by atoms with Crippen LogP contribution in [0, 0.1) is 23.2 Å². The lowest BCUT2D eigenvalue weighted by Crippen LogP contribution is -2.50. The molecule has 1 saturated heterocycles. The first-order chi connectivity index (χ1) is 18.9. The molecule has 2 aromatic carbocycles. The van der Waals surface area contributed by atoms with Crippen molar-refractivity contribution in [2.45, 2.75) is 85.7 Å². The number of primary amides is 1. The van der Waals surface area contributed by atoms with Crippen LogP contribution in [-0.2, 0) is 20.9 Å². The molecule has 3 rings (SSSR count). The third kappa shape index (κ3) is 9.68. The monoisotopic (exact) mass is 549 g/mol. The van der Waals surface area contributed by atoms with E-state index in [2.05, 4.69) is 26.1 Å². The fourth-order valence-corrected chi connectivity index (χ4v) is 5.32. The number of likely N-dealkylation sites (tertiary alicyclic amines) is 1. The van der Waals surface area contributed by atoms with Crippen molar-refractivity contribution in [3.8, 4) is 11.5 Å². The lowest BCUT2D eigenvalue weighted by molar-refractivity contribution is -0.139. The van der Waals surface area contributed by atoms with Gasteiger partial charge < -0.3 is 20.7 Å². The SMILES string of the molecule is CC(C)CC(C(=O)N[C@H]1CCCCN(Cc2cccc(Oc3ccccc3)c2)C1=O)[C@H](CCC(C)(C)C)C(N)=O. The van der Waals surface area contributed by atoms with Crippen LogP contribution in [0.25, 0.3) is 0 Å². The van der Waals surface area contributed by atoms with Gasteiger partial charge >= 0.3 is 0 Å². The molecular weight excluding hydrogens is 502 g/mol. The number of rotatable bonds is 12. The minimum Gasteiger partial charge on any atom is -0.457 e. The number of carbonyl (C=O) groups excluding carboxylic acids is 3. The summed E-state index contributed by atoms with van der Waals surface area (Å²) in [4.78, 5) is 41.6. The summed E-state index contributed by atoms with van der Waals surface area (Å²) in [5, 5.41) is 3.04. The van der Waals surface area contributed by atoms with E-state index in [-0.39, 0.29) is 23.1 Å². The molecule has 7 nitrogen and oxygen atoms in total. The maximum absolute atomic E-state index is 13.7. The van der Waals surface area contributed by atoms with Gasteiger partial charge in [0.15, 0.2) is 0 Å². The van der Waals surface area contributed by atoms with E-state index >= 15 is 0 Å². The molecule has 1 aliphatic heterocycles. The summed E-state index contributed by atoms with van der Waals surface area (Å²) in [5.74, 6) is -0.239. The van der Waals surface area contributed by atoms with Crippen LogP contribution >= 0.6 is 0 Å². The number of ether oxygens (including phenoxy) is 1. The number of amides is 3. The van der Waals surface area contributed by atoms with Gasteiger partial charge in [-0.1, -0.05) is 65.0 Å². The summed E-state index contributed by atoms with van der Waals surface area (Å²) < 4.78 is 5.98. The number of nitrogens with zero attached hydrogens (tertiary/aromatic N) is 1. The Hall–Kier alpha value is -3.35. The summed E-state index contributed by atoms with van der Waals surface area (Å²) in [7, 11) is 0. The van der Waals surface area contributed by atoms with E-state index in [0.717, 1.165) is 30.6 Å². The molecule has 3 amide bonds. The van der Waals surface area contributed by atoms with Gasteiger partial charge in [0.2, 0.25) is 17.7 Å². The molecule has 218 valence electrons. The first kappa shape index (κ1) is 31.2. The summed E-state index contributed by atoms with van der Waals surface area (Å²) in [6, 6.07) is 16.7. The number of para-hydroxylation sites is 1. The highest BCUT2D eigenvalue weighted by Crippen LogP contribution is 2.31. The highest BCUT2D eigenvalue weighted by Gasteiger charge is 2.36. The van der Waals surface area contributed by atoms with E-state index < -0.39 is 23.8 Å². The first-order valence-corrected chi connectivity index (χ1v) is 14.6. The summed E-state index contributed by atoms with van der Waals surface area (Å²) in [6.07, 6.45) is 4.16. The Morgan fingerprint density at radius 1 is 1.02 bits per heavy atom.